The second-order valence-electron chi connectivity index (χ2n) is 10.3. The summed E-state index contributed by atoms with van der Waals surface area (Å²) in [6.45, 7) is 4.90. The van der Waals surface area contributed by atoms with Gasteiger partial charge in [-0.05, 0) is 68.0 Å². The summed E-state index contributed by atoms with van der Waals surface area (Å²) in [5.74, 6) is 0.745. The van der Waals surface area contributed by atoms with Crippen LogP contribution < -0.4 is 10.6 Å². The van der Waals surface area contributed by atoms with E-state index in [4.69, 9.17) is 0 Å². The van der Waals surface area contributed by atoms with Gasteiger partial charge in [-0.2, -0.15) is 0 Å². The molecule has 1 aliphatic carbocycles. The van der Waals surface area contributed by atoms with Crippen molar-refractivity contribution in [3.63, 3.8) is 0 Å². The molecule has 1 atom stereocenters. The Morgan fingerprint density at radius 1 is 1.12 bits per heavy atom. The SMILES string of the molecule is CC(C)(Cc1cccc(C(=O)NCCC2CCCCC2)c1)NC[C@H](O)c1ccc(O)c(CO)c1. The smallest absolute Gasteiger partial charge is 0.251 e. The van der Waals surface area contributed by atoms with Gasteiger partial charge in [0.25, 0.3) is 5.91 Å². The first kappa shape index (κ1) is 26.2. The molecule has 0 bridgehead atoms. The lowest BCUT2D eigenvalue weighted by Gasteiger charge is -2.28. The molecule has 1 fully saturated rings. The molecular weight excluding hydrogens is 428 g/mol. The Morgan fingerprint density at radius 3 is 2.62 bits per heavy atom. The molecule has 2 aromatic carbocycles. The topological polar surface area (TPSA) is 102 Å². The first-order chi connectivity index (χ1) is 16.3. The van der Waals surface area contributed by atoms with Gasteiger partial charge in [0.05, 0.1) is 12.7 Å². The van der Waals surface area contributed by atoms with E-state index >= 15 is 0 Å². The predicted molar refractivity (Wildman–Crippen MR) is 135 cm³/mol. The average Bonchev–Trinajstić information content (AvgIpc) is 2.83. The summed E-state index contributed by atoms with van der Waals surface area (Å²) in [6.07, 6.45) is 7.55. The van der Waals surface area contributed by atoms with Crippen LogP contribution in [0.4, 0.5) is 0 Å². The van der Waals surface area contributed by atoms with Gasteiger partial charge in [-0.25, -0.2) is 0 Å². The van der Waals surface area contributed by atoms with Crippen LogP contribution in [-0.2, 0) is 13.0 Å². The average molecular weight is 469 g/mol. The number of rotatable bonds is 11. The Morgan fingerprint density at radius 2 is 1.88 bits per heavy atom. The molecule has 6 nitrogen and oxygen atoms in total. The molecular formula is C28H40N2O4. The molecule has 0 heterocycles. The first-order valence-electron chi connectivity index (χ1n) is 12.5. The monoisotopic (exact) mass is 468 g/mol. The molecule has 1 saturated carbocycles. The van der Waals surface area contributed by atoms with Crippen LogP contribution in [0.5, 0.6) is 5.75 Å². The van der Waals surface area contributed by atoms with Gasteiger partial charge in [0.1, 0.15) is 5.75 Å². The number of aliphatic hydroxyl groups is 2. The number of aliphatic hydroxyl groups excluding tert-OH is 2. The number of phenols is 1. The summed E-state index contributed by atoms with van der Waals surface area (Å²) in [5.41, 5.74) is 2.45. The van der Waals surface area contributed by atoms with Crippen molar-refractivity contribution in [3.8, 4) is 5.75 Å². The number of β-amino-alcohol motifs (C(OH)–C–C–N with tert-alkyl or cyclic N) is 1. The highest BCUT2D eigenvalue weighted by molar-refractivity contribution is 5.94. The van der Waals surface area contributed by atoms with E-state index in [1.54, 1.807) is 12.1 Å². The Bertz CT molecular complexity index is 938. The normalized spacial score (nSPS) is 15.8. The maximum Gasteiger partial charge on any atom is 0.251 e. The molecule has 0 aliphatic heterocycles. The summed E-state index contributed by atoms with van der Waals surface area (Å²) in [7, 11) is 0. The zero-order chi connectivity index (χ0) is 24.6. The fourth-order valence-corrected chi connectivity index (χ4v) is 4.79. The Labute approximate surface area is 203 Å². The maximum absolute atomic E-state index is 12.7. The van der Waals surface area contributed by atoms with Crippen molar-refractivity contribution in [2.24, 2.45) is 5.92 Å². The molecule has 0 spiro atoms. The van der Waals surface area contributed by atoms with Crippen molar-refractivity contribution < 1.29 is 20.1 Å². The third-order valence-corrected chi connectivity index (χ3v) is 6.83. The van der Waals surface area contributed by atoms with E-state index in [0.717, 1.165) is 24.4 Å². The standard InChI is InChI=1S/C28H40N2O4/c1-28(2,30-18-26(33)22-11-12-25(32)24(16-22)19-31)17-21-9-6-10-23(15-21)27(34)29-14-13-20-7-4-3-5-8-20/h6,9-12,15-16,20,26,30-33H,3-5,7-8,13-14,17-19H2,1-2H3,(H,29,34)/t26-/m0/s1. The van der Waals surface area contributed by atoms with Gasteiger partial charge in [0.15, 0.2) is 0 Å². The Hall–Kier alpha value is -2.41. The fraction of sp³-hybridized carbons (Fsp3) is 0.536. The number of benzene rings is 2. The molecule has 186 valence electrons. The minimum Gasteiger partial charge on any atom is -0.508 e. The van der Waals surface area contributed by atoms with Gasteiger partial charge in [-0.15, -0.1) is 0 Å². The summed E-state index contributed by atoms with van der Waals surface area (Å²) in [5, 5.41) is 36.1. The van der Waals surface area contributed by atoms with Gasteiger partial charge < -0.3 is 26.0 Å². The second-order valence-corrected chi connectivity index (χ2v) is 10.3. The van der Waals surface area contributed by atoms with Crippen LogP contribution in [0, 0.1) is 5.92 Å². The number of nitrogens with one attached hydrogen (secondary N) is 2. The number of carbonyl (C=O) groups is 1. The van der Waals surface area contributed by atoms with Crippen molar-refractivity contribution in [3.05, 3.63) is 64.7 Å². The summed E-state index contributed by atoms with van der Waals surface area (Å²) in [4.78, 5) is 12.7. The number of hydrogen-bond acceptors (Lipinski definition) is 5. The van der Waals surface area contributed by atoms with Gasteiger partial charge in [-0.1, -0.05) is 50.3 Å². The minimum absolute atomic E-state index is 0.0182. The highest BCUT2D eigenvalue weighted by Crippen LogP contribution is 2.26. The lowest BCUT2D eigenvalue weighted by molar-refractivity contribution is 0.0950. The van der Waals surface area contributed by atoms with E-state index in [1.807, 2.05) is 24.3 Å². The van der Waals surface area contributed by atoms with E-state index < -0.39 is 6.10 Å². The lowest BCUT2D eigenvalue weighted by Crippen LogP contribution is -2.43. The van der Waals surface area contributed by atoms with E-state index in [-0.39, 0.29) is 23.8 Å². The third kappa shape index (κ3) is 7.83. The van der Waals surface area contributed by atoms with Crippen molar-refractivity contribution in [1.29, 1.82) is 0 Å². The summed E-state index contributed by atoms with van der Waals surface area (Å²) < 4.78 is 0. The Balaban J connectivity index is 1.50. The quantitative estimate of drug-likeness (QED) is 0.340. The van der Waals surface area contributed by atoms with Crippen molar-refractivity contribution in [1.82, 2.24) is 10.6 Å². The summed E-state index contributed by atoms with van der Waals surface area (Å²) in [6, 6.07) is 12.5. The van der Waals surface area contributed by atoms with Crippen LogP contribution in [0.2, 0.25) is 0 Å². The fourth-order valence-electron chi connectivity index (χ4n) is 4.79. The van der Waals surface area contributed by atoms with Crippen LogP contribution in [0.15, 0.2) is 42.5 Å². The van der Waals surface area contributed by atoms with Crippen molar-refractivity contribution in [2.45, 2.75) is 77.0 Å². The molecule has 0 aromatic heterocycles. The van der Waals surface area contributed by atoms with Crippen LogP contribution in [0.3, 0.4) is 0 Å². The van der Waals surface area contributed by atoms with E-state index in [0.29, 0.717) is 29.7 Å². The van der Waals surface area contributed by atoms with Gasteiger partial charge >= 0.3 is 0 Å². The van der Waals surface area contributed by atoms with Crippen LogP contribution in [-0.4, -0.2) is 39.9 Å². The highest BCUT2D eigenvalue weighted by Gasteiger charge is 2.21. The minimum atomic E-state index is -0.772. The van der Waals surface area contributed by atoms with E-state index in [9.17, 15) is 20.1 Å². The molecule has 2 aromatic rings. The largest absolute Gasteiger partial charge is 0.508 e. The molecule has 1 amide bonds. The van der Waals surface area contributed by atoms with Gasteiger partial charge in [0, 0.05) is 29.8 Å². The summed E-state index contributed by atoms with van der Waals surface area (Å²) >= 11 is 0. The molecule has 0 radical (unpaired) electrons. The van der Waals surface area contributed by atoms with Crippen molar-refractivity contribution >= 4 is 5.91 Å². The second kappa shape index (κ2) is 12.3. The third-order valence-electron chi connectivity index (χ3n) is 6.83. The number of aromatic hydroxyl groups is 1. The number of carbonyl (C=O) groups excluding carboxylic acids is 1. The molecule has 1 aliphatic rings. The van der Waals surface area contributed by atoms with Crippen LogP contribution in [0.1, 0.15) is 85.5 Å². The zero-order valence-corrected chi connectivity index (χ0v) is 20.5. The number of hydrogen-bond donors (Lipinski definition) is 5. The zero-order valence-electron chi connectivity index (χ0n) is 20.5. The van der Waals surface area contributed by atoms with E-state index in [1.165, 1.54) is 38.2 Å². The number of amides is 1. The lowest BCUT2D eigenvalue weighted by atomic mass is 9.87. The molecule has 6 heteroatoms. The molecule has 0 saturated heterocycles. The van der Waals surface area contributed by atoms with Crippen LogP contribution in [0.25, 0.3) is 0 Å². The van der Waals surface area contributed by atoms with Crippen molar-refractivity contribution in [2.75, 3.05) is 13.1 Å². The molecule has 34 heavy (non-hydrogen) atoms. The van der Waals surface area contributed by atoms with E-state index in [2.05, 4.69) is 24.5 Å². The molecule has 3 rings (SSSR count). The predicted octanol–water partition coefficient (Wildman–Crippen LogP) is 4.23. The Kier molecular flexibility index (Phi) is 9.51. The highest BCUT2D eigenvalue weighted by atomic mass is 16.3. The first-order valence-corrected chi connectivity index (χ1v) is 12.5. The van der Waals surface area contributed by atoms with Crippen LogP contribution >= 0.6 is 0 Å². The van der Waals surface area contributed by atoms with Gasteiger partial charge in [-0.3, -0.25) is 4.79 Å². The van der Waals surface area contributed by atoms with Gasteiger partial charge in [0.2, 0.25) is 0 Å². The maximum atomic E-state index is 12.7. The molecule has 5 N–H and O–H groups in total. The molecule has 0 unspecified atom stereocenters.